The molecule has 3 rings (SSSR count). The summed E-state index contributed by atoms with van der Waals surface area (Å²) in [5.74, 6) is -8.79. The fourth-order valence-electron chi connectivity index (χ4n) is 6.00. The minimum atomic E-state index is -1.74. The third kappa shape index (κ3) is 9.90. The topological polar surface area (TPSA) is 253 Å². The summed E-state index contributed by atoms with van der Waals surface area (Å²) < 4.78 is 6.40. The van der Waals surface area contributed by atoms with Crippen molar-refractivity contribution in [2.45, 2.75) is 90.1 Å². The highest BCUT2D eigenvalue weighted by Gasteiger charge is 2.47. The number of carbonyl (C=O) groups is 7. The van der Waals surface area contributed by atoms with E-state index in [2.05, 4.69) is 27.8 Å². The van der Waals surface area contributed by atoms with Crippen molar-refractivity contribution in [3.05, 3.63) is 70.1 Å². The molecule has 2 aliphatic rings. The number of aromatic hydroxyl groups is 1. The van der Waals surface area contributed by atoms with Crippen LogP contribution in [0.2, 0.25) is 5.02 Å². The van der Waals surface area contributed by atoms with Gasteiger partial charge in [-0.2, -0.15) is 0 Å². The number of aliphatic carboxylic acids is 2. The molecule has 8 N–H and O–H groups in total. The van der Waals surface area contributed by atoms with E-state index in [0.717, 1.165) is 4.90 Å². The summed E-state index contributed by atoms with van der Waals surface area (Å²) in [5.41, 5.74) is -1.96. The van der Waals surface area contributed by atoms with E-state index >= 15 is 0 Å². The first-order chi connectivity index (χ1) is 25.7. The van der Waals surface area contributed by atoms with Crippen molar-refractivity contribution < 1.29 is 53.6 Å². The highest BCUT2D eigenvalue weighted by Crippen LogP contribution is 2.41. The van der Waals surface area contributed by atoms with E-state index in [4.69, 9.17) is 21.4 Å². The molecule has 55 heavy (non-hydrogen) atoms. The van der Waals surface area contributed by atoms with Crippen molar-refractivity contribution in [1.29, 1.82) is 0 Å². The molecule has 6 atom stereocenters. The maximum atomic E-state index is 14.7. The van der Waals surface area contributed by atoms with E-state index < -0.39 is 88.6 Å². The number of phenols is 1. The van der Waals surface area contributed by atoms with Gasteiger partial charge in [-0.3, -0.25) is 24.0 Å². The lowest BCUT2D eigenvalue weighted by molar-refractivity contribution is -0.146. The van der Waals surface area contributed by atoms with Crippen LogP contribution in [0.4, 0.5) is 0 Å². The molecule has 0 saturated carbocycles. The van der Waals surface area contributed by atoms with Gasteiger partial charge in [-0.1, -0.05) is 51.1 Å². The van der Waals surface area contributed by atoms with Gasteiger partial charge in [0.2, 0.25) is 11.8 Å². The average molecular weight is 787 g/mol. The van der Waals surface area contributed by atoms with Gasteiger partial charge in [0.15, 0.2) is 11.5 Å². The molecule has 0 fully saturated rings. The molecule has 2 heterocycles. The summed E-state index contributed by atoms with van der Waals surface area (Å²) in [6.07, 6.45) is 3.42. The van der Waals surface area contributed by atoms with E-state index in [-0.39, 0.29) is 47.5 Å². The lowest BCUT2D eigenvalue weighted by atomic mass is 9.90. The second-order valence-electron chi connectivity index (χ2n) is 13.4. The van der Waals surface area contributed by atoms with Gasteiger partial charge in [0, 0.05) is 12.5 Å². The van der Waals surface area contributed by atoms with Gasteiger partial charge in [-0.05, 0) is 69.5 Å². The highest BCUT2D eigenvalue weighted by molar-refractivity contribution is 6.32. The first-order valence-electron chi connectivity index (χ1n) is 17.3. The molecule has 0 saturated heterocycles. The number of carboxylic acid groups (broad SMARTS) is 2. The number of carbonyl (C=O) groups excluding carboxylic acids is 5. The minimum Gasteiger partial charge on any atom is -0.503 e. The van der Waals surface area contributed by atoms with Crippen LogP contribution < -0.4 is 31.3 Å². The van der Waals surface area contributed by atoms with Crippen molar-refractivity contribution in [2.75, 3.05) is 13.6 Å². The number of hydrogen-bond acceptors (Lipinski definition) is 10. The Kier molecular flexibility index (Phi) is 14.4. The van der Waals surface area contributed by atoms with Crippen LogP contribution in [-0.4, -0.2) is 105 Å². The number of phenolic OH excluding ortho intramolecular Hbond substituents is 1. The number of hydrogen-bond donors (Lipinski definition) is 8. The summed E-state index contributed by atoms with van der Waals surface area (Å²) in [4.78, 5) is 93.2. The zero-order valence-electron chi connectivity index (χ0n) is 31.5. The molecule has 2 aliphatic heterocycles. The molecule has 1 unspecified atom stereocenters. The lowest BCUT2D eigenvalue weighted by Gasteiger charge is -2.40. The Morgan fingerprint density at radius 1 is 1.09 bits per heavy atom. The molecule has 0 spiro atoms. The predicted octanol–water partition coefficient (Wildman–Crippen LogP) is 1.58. The van der Waals surface area contributed by atoms with Gasteiger partial charge in [0.25, 0.3) is 17.7 Å². The summed E-state index contributed by atoms with van der Waals surface area (Å²) in [6, 6.07) is -2.22. The lowest BCUT2D eigenvalue weighted by Crippen LogP contribution is -2.65. The molecule has 1 aromatic rings. The van der Waals surface area contributed by atoms with Crippen LogP contribution in [-0.2, 0) is 33.6 Å². The Labute approximate surface area is 322 Å². The zero-order chi connectivity index (χ0) is 41.5. The maximum Gasteiger partial charge on any atom is 0.352 e. The number of rotatable bonds is 11. The van der Waals surface area contributed by atoms with E-state index in [1.807, 2.05) is 5.32 Å². The van der Waals surface area contributed by atoms with Gasteiger partial charge < -0.3 is 51.5 Å². The van der Waals surface area contributed by atoms with Gasteiger partial charge in [0.05, 0.1) is 17.1 Å². The number of benzene rings is 1. The first kappa shape index (κ1) is 43.7. The highest BCUT2D eigenvalue weighted by atomic mass is 35.5. The standard InChI is InChI=1S/C37H47ClN6O11/c1-9-18(5)27(33(50)40-22(36(53)54)16-25(45)46)42-31(48)23-12-11-13-44(23)35(52)30-37(7,10-2)55-24-15-20(14-21(38)29(24)47)19(6)28(39-8)34(51)41-26(17(3)4)32(49)43-30/h11-12,14-16,19,23,26,28,30,39,47H,3,9-10,13H2,1-2,4-8H3,(H,40,50)(H,41,51)(H,42,48)(H,43,49)(H,45,46)(H,53,54)/t19-,23-,26?,28-,30+,37+/m0/s1. The van der Waals surface area contributed by atoms with Gasteiger partial charge in [0.1, 0.15) is 35.1 Å². The number of amides is 5. The van der Waals surface area contributed by atoms with E-state index in [0.29, 0.717) is 11.1 Å². The number of nitrogens with zero attached hydrogens (tertiary/aromatic N) is 1. The molecule has 0 aromatic heterocycles. The Morgan fingerprint density at radius 2 is 1.75 bits per heavy atom. The third-order valence-electron chi connectivity index (χ3n) is 9.59. The summed E-state index contributed by atoms with van der Waals surface area (Å²) in [7, 11) is 1.56. The van der Waals surface area contributed by atoms with Crippen molar-refractivity contribution in [2.24, 2.45) is 0 Å². The van der Waals surface area contributed by atoms with Gasteiger partial charge in [-0.25, -0.2) is 9.59 Å². The molecule has 1 aromatic carbocycles. The molecule has 298 valence electrons. The number of carboxylic acids is 2. The van der Waals surface area contributed by atoms with Crippen LogP contribution in [0.15, 0.2) is 59.5 Å². The average Bonchev–Trinajstić information content (AvgIpc) is 3.62. The van der Waals surface area contributed by atoms with Crippen molar-refractivity contribution in [3.8, 4) is 11.5 Å². The van der Waals surface area contributed by atoms with Crippen LogP contribution in [0.3, 0.4) is 0 Å². The van der Waals surface area contributed by atoms with Gasteiger partial charge >= 0.3 is 11.9 Å². The molecular weight excluding hydrogens is 740 g/mol. The second-order valence-corrected chi connectivity index (χ2v) is 13.8. The van der Waals surface area contributed by atoms with Crippen molar-refractivity contribution in [3.63, 3.8) is 0 Å². The summed E-state index contributed by atoms with van der Waals surface area (Å²) >= 11 is 6.44. The minimum absolute atomic E-state index is 0.0421. The van der Waals surface area contributed by atoms with Crippen LogP contribution in [0.25, 0.3) is 0 Å². The molecule has 0 aliphatic carbocycles. The number of likely N-dealkylation sites (N-methyl/N-ethyl adjacent to an activating group) is 1. The van der Waals surface area contributed by atoms with Crippen LogP contribution in [0.1, 0.15) is 65.9 Å². The van der Waals surface area contributed by atoms with Crippen LogP contribution in [0, 0.1) is 0 Å². The molecule has 18 heteroatoms. The maximum absolute atomic E-state index is 14.7. The number of ether oxygens (including phenoxy) is 1. The predicted molar refractivity (Wildman–Crippen MR) is 200 cm³/mol. The Hall–Kier alpha value is -5.68. The van der Waals surface area contributed by atoms with E-state index in [1.165, 1.54) is 45.1 Å². The molecule has 0 radical (unpaired) electrons. The largest absolute Gasteiger partial charge is 0.503 e. The Balaban J connectivity index is 2.11. The number of nitrogens with one attached hydrogen (secondary N) is 5. The number of fused-ring (bicyclic) bond motifs is 2. The molecule has 17 nitrogen and oxygen atoms in total. The molecular formula is C37H47ClN6O11. The van der Waals surface area contributed by atoms with Crippen LogP contribution >= 0.6 is 11.6 Å². The summed E-state index contributed by atoms with van der Waals surface area (Å²) in [5, 5.41) is 42.1. The molecule has 5 amide bonds. The van der Waals surface area contributed by atoms with E-state index in [9.17, 15) is 43.8 Å². The Morgan fingerprint density at radius 3 is 2.29 bits per heavy atom. The van der Waals surface area contributed by atoms with Crippen molar-refractivity contribution in [1.82, 2.24) is 31.5 Å². The molecule has 2 bridgehead atoms. The van der Waals surface area contributed by atoms with E-state index in [1.54, 1.807) is 27.8 Å². The fraction of sp³-hybridized carbons (Fsp3) is 0.432. The number of allylic oxidation sites excluding steroid dienone is 1. The first-order valence-corrected chi connectivity index (χ1v) is 17.7. The normalized spacial score (nSPS) is 24.8. The summed E-state index contributed by atoms with van der Waals surface area (Å²) in [6.45, 7) is 13.3. The smallest absolute Gasteiger partial charge is 0.352 e. The SMILES string of the molecule is C=C(C)C1NC(=O)[C@@H](NC)[C@@H](C)c2cc(Cl)c(O)c(c2)O[C@](C)(CC)[C@@H](C(=O)N2CC=C[C@H]2C(=O)NC(C(=O)NC(=CC(=O)O)C(=O)O)=C(C)CC)NC1=O. The third-order valence-corrected chi connectivity index (χ3v) is 9.88. The monoisotopic (exact) mass is 786 g/mol. The van der Waals surface area contributed by atoms with Gasteiger partial charge in [-0.15, -0.1) is 0 Å². The fourth-order valence-corrected chi connectivity index (χ4v) is 6.22. The van der Waals surface area contributed by atoms with Crippen LogP contribution in [0.5, 0.6) is 11.5 Å². The zero-order valence-corrected chi connectivity index (χ0v) is 32.3. The Bertz CT molecular complexity index is 1870. The second kappa shape index (κ2) is 18.1. The quantitative estimate of drug-likeness (QED) is 0.118. The number of halogens is 1. The van der Waals surface area contributed by atoms with Crippen molar-refractivity contribution >= 4 is 53.1 Å².